The molecule has 0 fully saturated rings. The summed E-state index contributed by atoms with van der Waals surface area (Å²) < 4.78 is 30.0. The molecule has 0 heterocycles. The van der Waals surface area contributed by atoms with E-state index in [0.717, 1.165) is 6.08 Å². The Morgan fingerprint density at radius 2 is 0.976 bits per heavy atom. The highest BCUT2D eigenvalue weighted by Gasteiger charge is 2.14. The van der Waals surface area contributed by atoms with Crippen LogP contribution in [-0.4, -0.2) is 50.4 Å². The summed E-state index contributed by atoms with van der Waals surface area (Å²) in [5.74, 6) is -1.74. The summed E-state index contributed by atoms with van der Waals surface area (Å²) in [6.07, 6.45) is 1.12. The lowest BCUT2D eigenvalue weighted by Crippen LogP contribution is -2.13. The van der Waals surface area contributed by atoms with Gasteiger partial charge in [-0.3, -0.25) is 0 Å². The predicted octanol–water partition coefficient (Wildman–Crippen LogP) is 4.94. The number of unbranched alkanes of at least 4 members (excludes halogenated alkanes) is 1. The minimum absolute atomic E-state index is 0.0789. The molecule has 0 saturated heterocycles. The third-order valence-electron chi connectivity index (χ3n) is 5.25. The van der Waals surface area contributed by atoms with Crippen LogP contribution in [0.5, 0.6) is 17.2 Å². The summed E-state index contributed by atoms with van der Waals surface area (Å²) in [6, 6.07) is 17.3. The molecule has 3 rings (SSSR count). The predicted molar refractivity (Wildman–Crippen MR) is 143 cm³/mol. The summed E-state index contributed by atoms with van der Waals surface area (Å²) in [7, 11) is 1.27. The SMILES string of the molecule is C=CC(=O)OCCCCOC(=O)Oc1ccc(C(=O)Oc2ccc(C(=O)Oc3ccc(C(=O)OC)cc3)cc2)cc1. The Balaban J connectivity index is 1.43. The zero-order valence-electron chi connectivity index (χ0n) is 22.0. The van der Waals surface area contributed by atoms with Crippen molar-refractivity contribution in [2.45, 2.75) is 12.8 Å². The van der Waals surface area contributed by atoms with Gasteiger partial charge in [-0.05, 0) is 85.6 Å². The van der Waals surface area contributed by atoms with E-state index in [1.807, 2.05) is 0 Å². The van der Waals surface area contributed by atoms with Crippen LogP contribution < -0.4 is 14.2 Å². The highest BCUT2D eigenvalue weighted by Crippen LogP contribution is 2.19. The maximum atomic E-state index is 12.5. The summed E-state index contributed by atoms with van der Waals surface area (Å²) in [4.78, 5) is 59.1. The fourth-order valence-corrected chi connectivity index (χ4v) is 3.14. The quantitative estimate of drug-likeness (QED) is 0.0740. The smallest absolute Gasteiger partial charge is 0.465 e. The highest BCUT2D eigenvalue weighted by molar-refractivity contribution is 5.93. The van der Waals surface area contributed by atoms with Crippen molar-refractivity contribution in [1.29, 1.82) is 0 Å². The van der Waals surface area contributed by atoms with Crippen LogP contribution in [0.3, 0.4) is 0 Å². The maximum Gasteiger partial charge on any atom is 0.513 e. The first-order valence-corrected chi connectivity index (χ1v) is 12.3. The third-order valence-corrected chi connectivity index (χ3v) is 5.25. The molecular formula is C30H26O11. The Hall–Kier alpha value is -5.45. The molecule has 0 N–H and O–H groups in total. The van der Waals surface area contributed by atoms with E-state index >= 15 is 0 Å². The van der Waals surface area contributed by atoms with E-state index in [9.17, 15) is 24.0 Å². The summed E-state index contributed by atoms with van der Waals surface area (Å²) in [6.45, 7) is 3.56. The van der Waals surface area contributed by atoms with Gasteiger partial charge in [0.25, 0.3) is 0 Å². The average Bonchev–Trinajstić information content (AvgIpc) is 2.99. The van der Waals surface area contributed by atoms with E-state index in [0.29, 0.717) is 18.4 Å². The first-order chi connectivity index (χ1) is 19.8. The van der Waals surface area contributed by atoms with Crippen LogP contribution in [0.25, 0.3) is 0 Å². The lowest BCUT2D eigenvalue weighted by Gasteiger charge is -2.08. The van der Waals surface area contributed by atoms with Crippen molar-refractivity contribution < 1.29 is 52.4 Å². The zero-order valence-corrected chi connectivity index (χ0v) is 22.0. The van der Waals surface area contributed by atoms with Crippen LogP contribution in [0.15, 0.2) is 85.5 Å². The topological polar surface area (TPSA) is 141 Å². The van der Waals surface area contributed by atoms with E-state index < -0.39 is 30.0 Å². The van der Waals surface area contributed by atoms with E-state index in [1.54, 1.807) is 0 Å². The minimum atomic E-state index is -0.916. The molecule has 11 heteroatoms. The van der Waals surface area contributed by atoms with Gasteiger partial charge in [-0.2, -0.15) is 0 Å². The van der Waals surface area contributed by atoms with Crippen molar-refractivity contribution in [3.05, 3.63) is 102 Å². The molecule has 212 valence electrons. The molecule has 3 aromatic carbocycles. The van der Waals surface area contributed by atoms with Crippen molar-refractivity contribution in [1.82, 2.24) is 0 Å². The van der Waals surface area contributed by atoms with E-state index in [1.165, 1.54) is 79.9 Å². The lowest BCUT2D eigenvalue weighted by molar-refractivity contribution is -0.137. The van der Waals surface area contributed by atoms with E-state index in [4.69, 9.17) is 23.7 Å². The molecule has 41 heavy (non-hydrogen) atoms. The molecule has 0 radical (unpaired) electrons. The Kier molecular flexibility index (Phi) is 11.2. The monoisotopic (exact) mass is 562 g/mol. The molecule has 0 aromatic heterocycles. The molecule has 0 unspecified atom stereocenters. The second-order valence-electron chi connectivity index (χ2n) is 8.12. The van der Waals surface area contributed by atoms with Gasteiger partial charge in [0.2, 0.25) is 0 Å². The van der Waals surface area contributed by atoms with Gasteiger partial charge in [-0.1, -0.05) is 6.58 Å². The minimum Gasteiger partial charge on any atom is -0.465 e. The Morgan fingerprint density at radius 3 is 1.39 bits per heavy atom. The normalized spacial score (nSPS) is 10.1. The number of rotatable bonds is 12. The van der Waals surface area contributed by atoms with Gasteiger partial charge in [0.15, 0.2) is 0 Å². The standard InChI is InChI=1S/C30H26O11/c1-3-26(31)37-18-4-5-19-38-30(35)41-25-16-10-22(11-17-25)29(34)40-24-14-8-21(9-15-24)28(33)39-23-12-6-20(7-13-23)27(32)36-2/h3,6-17H,1,4-5,18-19H2,2H3. The molecular weight excluding hydrogens is 536 g/mol. The van der Waals surface area contributed by atoms with Crippen molar-refractivity contribution in [2.24, 2.45) is 0 Å². The molecule has 0 aliphatic heterocycles. The van der Waals surface area contributed by atoms with Crippen molar-refractivity contribution in [3.8, 4) is 17.2 Å². The van der Waals surface area contributed by atoms with Crippen molar-refractivity contribution in [2.75, 3.05) is 20.3 Å². The second-order valence-corrected chi connectivity index (χ2v) is 8.12. The first kappa shape index (κ1) is 30.1. The molecule has 3 aromatic rings. The number of carbonyl (C=O) groups excluding carboxylic acids is 5. The molecule has 0 spiro atoms. The van der Waals surface area contributed by atoms with Crippen LogP contribution in [0.2, 0.25) is 0 Å². The Labute approximate surface area is 235 Å². The molecule has 0 aliphatic carbocycles. The van der Waals surface area contributed by atoms with Gasteiger partial charge in [-0.15, -0.1) is 0 Å². The number of ether oxygens (including phenoxy) is 6. The van der Waals surface area contributed by atoms with E-state index in [-0.39, 0.29) is 41.6 Å². The molecule has 0 amide bonds. The van der Waals surface area contributed by atoms with Crippen LogP contribution in [-0.2, 0) is 19.0 Å². The number of hydrogen-bond acceptors (Lipinski definition) is 11. The Bertz CT molecular complexity index is 1380. The fraction of sp³-hybridized carbons (Fsp3) is 0.167. The van der Waals surface area contributed by atoms with Gasteiger partial charge in [-0.25, -0.2) is 24.0 Å². The summed E-state index contributed by atoms with van der Waals surface area (Å²) >= 11 is 0. The van der Waals surface area contributed by atoms with Gasteiger partial charge in [0.05, 0.1) is 37.0 Å². The molecule has 0 atom stereocenters. The van der Waals surface area contributed by atoms with Gasteiger partial charge in [0, 0.05) is 6.08 Å². The largest absolute Gasteiger partial charge is 0.513 e. The van der Waals surface area contributed by atoms with Gasteiger partial charge < -0.3 is 28.4 Å². The van der Waals surface area contributed by atoms with E-state index in [2.05, 4.69) is 11.3 Å². The summed E-state index contributed by atoms with van der Waals surface area (Å²) in [5.41, 5.74) is 0.724. The molecule has 0 bridgehead atoms. The number of esters is 4. The molecule has 0 saturated carbocycles. The van der Waals surface area contributed by atoms with Gasteiger partial charge in [0.1, 0.15) is 17.2 Å². The summed E-state index contributed by atoms with van der Waals surface area (Å²) in [5, 5.41) is 0. The second kappa shape index (κ2) is 15.2. The average molecular weight is 563 g/mol. The van der Waals surface area contributed by atoms with Crippen LogP contribution >= 0.6 is 0 Å². The van der Waals surface area contributed by atoms with Crippen molar-refractivity contribution >= 4 is 30.0 Å². The van der Waals surface area contributed by atoms with Crippen LogP contribution in [0, 0.1) is 0 Å². The first-order valence-electron chi connectivity index (χ1n) is 12.3. The molecule has 0 aliphatic rings. The zero-order chi connectivity index (χ0) is 29.6. The highest BCUT2D eigenvalue weighted by atomic mass is 16.7. The van der Waals surface area contributed by atoms with Gasteiger partial charge >= 0.3 is 30.0 Å². The number of carbonyl (C=O) groups is 5. The maximum absolute atomic E-state index is 12.5. The lowest BCUT2D eigenvalue weighted by atomic mass is 10.2. The van der Waals surface area contributed by atoms with Crippen LogP contribution in [0.4, 0.5) is 4.79 Å². The number of hydrogen-bond donors (Lipinski definition) is 0. The number of methoxy groups -OCH3 is 1. The van der Waals surface area contributed by atoms with Crippen molar-refractivity contribution in [3.63, 3.8) is 0 Å². The fourth-order valence-electron chi connectivity index (χ4n) is 3.14. The number of benzene rings is 3. The van der Waals surface area contributed by atoms with Crippen LogP contribution in [0.1, 0.15) is 43.9 Å². The Morgan fingerprint density at radius 1 is 0.585 bits per heavy atom. The molecule has 11 nitrogen and oxygen atoms in total. The third kappa shape index (κ3) is 9.66.